The smallest absolute Gasteiger partial charge is 0.232 e. The van der Waals surface area contributed by atoms with Crippen LogP contribution in [0.2, 0.25) is 10.0 Å². The van der Waals surface area contributed by atoms with Crippen molar-refractivity contribution in [3.05, 3.63) is 63.4 Å². The molecule has 3 unspecified atom stereocenters. The second kappa shape index (κ2) is 6.63. The van der Waals surface area contributed by atoms with Crippen LogP contribution in [0.5, 0.6) is 0 Å². The fourth-order valence-corrected chi connectivity index (χ4v) is 3.64. The Morgan fingerprint density at radius 3 is 2.33 bits per heavy atom. The Labute approximate surface area is 149 Å². The van der Waals surface area contributed by atoms with E-state index in [9.17, 15) is 9.59 Å². The topological polar surface area (TPSA) is 56.3 Å². The summed E-state index contributed by atoms with van der Waals surface area (Å²) in [4.78, 5) is 29.2. The lowest BCUT2D eigenvalue weighted by Gasteiger charge is -2.33. The molecule has 1 fully saturated rings. The third-order valence-electron chi connectivity index (χ3n) is 4.10. The molecule has 2 aromatic rings. The van der Waals surface area contributed by atoms with E-state index in [4.69, 9.17) is 27.9 Å². The van der Waals surface area contributed by atoms with Gasteiger partial charge in [-0.3, -0.25) is 14.6 Å². The summed E-state index contributed by atoms with van der Waals surface area (Å²) in [5.41, 5.74) is 1.78. The van der Waals surface area contributed by atoms with Gasteiger partial charge in [0.1, 0.15) is 6.10 Å². The monoisotopic (exact) mass is 363 g/mol. The molecule has 4 nitrogen and oxygen atoms in total. The summed E-state index contributed by atoms with van der Waals surface area (Å²) in [5.74, 6) is -1.76. The third kappa shape index (κ3) is 2.97. The van der Waals surface area contributed by atoms with Crippen molar-refractivity contribution in [3.63, 3.8) is 0 Å². The normalized spacial score (nSPS) is 24.2. The van der Waals surface area contributed by atoms with Crippen LogP contribution in [0.4, 0.5) is 0 Å². The average Bonchev–Trinajstić information content (AvgIpc) is 2.54. The molecule has 1 aliphatic heterocycles. The van der Waals surface area contributed by atoms with Crippen LogP contribution in [0.1, 0.15) is 36.0 Å². The molecule has 1 aromatic carbocycles. The van der Waals surface area contributed by atoms with Gasteiger partial charge in [0.05, 0.1) is 11.6 Å². The zero-order chi connectivity index (χ0) is 17.4. The van der Waals surface area contributed by atoms with Gasteiger partial charge in [-0.15, -0.1) is 0 Å². The van der Waals surface area contributed by atoms with E-state index >= 15 is 0 Å². The number of aromatic nitrogens is 1. The fourth-order valence-electron chi connectivity index (χ4n) is 2.85. The molecule has 3 atom stereocenters. The summed E-state index contributed by atoms with van der Waals surface area (Å²) in [6.45, 7) is 3.50. The maximum atomic E-state index is 12.5. The van der Waals surface area contributed by atoms with Crippen LogP contribution in [0.15, 0.2) is 36.5 Å². The number of hydrogen-bond acceptors (Lipinski definition) is 4. The van der Waals surface area contributed by atoms with Crippen LogP contribution in [0.25, 0.3) is 0 Å². The van der Waals surface area contributed by atoms with Crippen molar-refractivity contribution < 1.29 is 14.3 Å². The third-order valence-corrected chi connectivity index (χ3v) is 4.72. The molecular formula is C18H15Cl2NO3. The predicted molar refractivity (Wildman–Crippen MR) is 91.2 cm³/mol. The molecule has 0 radical (unpaired) electrons. The molecule has 0 N–H and O–H groups in total. The van der Waals surface area contributed by atoms with Gasteiger partial charge in [-0.2, -0.15) is 0 Å². The quantitative estimate of drug-likeness (QED) is 0.747. The van der Waals surface area contributed by atoms with Gasteiger partial charge < -0.3 is 4.74 Å². The lowest BCUT2D eigenvalue weighted by molar-refractivity contribution is -0.163. The zero-order valence-electron chi connectivity index (χ0n) is 13.1. The van der Waals surface area contributed by atoms with Crippen LogP contribution in [-0.4, -0.2) is 16.6 Å². The fraction of sp³-hybridized carbons (Fsp3) is 0.278. The molecule has 1 aliphatic rings. The highest BCUT2D eigenvalue weighted by atomic mass is 35.5. The number of carbonyl (C=O) groups is 2. The van der Waals surface area contributed by atoms with E-state index in [0.29, 0.717) is 21.3 Å². The second-order valence-corrected chi connectivity index (χ2v) is 6.67. The number of benzene rings is 1. The van der Waals surface area contributed by atoms with Gasteiger partial charge in [-0.05, 0) is 36.8 Å². The van der Waals surface area contributed by atoms with Gasteiger partial charge in [0.25, 0.3) is 0 Å². The van der Waals surface area contributed by atoms with E-state index in [-0.39, 0.29) is 0 Å². The zero-order valence-corrected chi connectivity index (χ0v) is 14.6. The number of carbonyl (C=O) groups excluding carboxylic acids is 2. The minimum absolute atomic E-state index is 0.306. The van der Waals surface area contributed by atoms with Gasteiger partial charge in [0.15, 0.2) is 6.10 Å². The summed E-state index contributed by atoms with van der Waals surface area (Å²) in [6.07, 6.45) is -0.135. The molecule has 0 amide bonds. The highest BCUT2D eigenvalue weighted by Crippen LogP contribution is 2.42. The molecule has 2 heterocycles. The van der Waals surface area contributed by atoms with E-state index in [2.05, 4.69) is 4.98 Å². The summed E-state index contributed by atoms with van der Waals surface area (Å²) in [7, 11) is 0. The van der Waals surface area contributed by atoms with Crippen LogP contribution in [-0.2, 0) is 14.3 Å². The highest BCUT2D eigenvalue weighted by Gasteiger charge is 2.44. The van der Waals surface area contributed by atoms with Gasteiger partial charge in [0.2, 0.25) is 11.6 Å². The van der Waals surface area contributed by atoms with E-state index < -0.39 is 29.7 Å². The Hall–Kier alpha value is -1.75. The first-order valence-electron chi connectivity index (χ1n) is 7.50. The number of ether oxygens (including phenoxy) is 1. The van der Waals surface area contributed by atoms with Crippen molar-refractivity contribution in [2.45, 2.75) is 26.1 Å². The number of aryl methyl sites for hydroxylation is 1. The van der Waals surface area contributed by atoms with Crippen LogP contribution >= 0.6 is 23.2 Å². The number of Topliss-reactive ketones (excluding diaryl/α,β-unsaturated/α-hetero) is 2. The minimum Gasteiger partial charge on any atom is -0.355 e. The van der Waals surface area contributed by atoms with Crippen LogP contribution < -0.4 is 0 Å². The maximum Gasteiger partial charge on any atom is 0.232 e. The molecule has 124 valence electrons. The molecule has 0 aliphatic carbocycles. The van der Waals surface area contributed by atoms with Crippen molar-refractivity contribution in [2.75, 3.05) is 0 Å². The largest absolute Gasteiger partial charge is 0.355 e. The summed E-state index contributed by atoms with van der Waals surface area (Å²) in [5, 5.41) is 0.612. The van der Waals surface area contributed by atoms with Crippen molar-refractivity contribution in [1.82, 2.24) is 4.98 Å². The van der Waals surface area contributed by atoms with E-state index in [1.165, 1.54) is 0 Å². The number of hydrogen-bond donors (Lipinski definition) is 0. The van der Waals surface area contributed by atoms with Crippen molar-refractivity contribution in [2.24, 2.45) is 5.92 Å². The first kappa shape index (κ1) is 17.1. The Balaban J connectivity index is 2.06. The van der Waals surface area contributed by atoms with Gasteiger partial charge in [0, 0.05) is 21.8 Å². The number of halogens is 2. The van der Waals surface area contributed by atoms with Gasteiger partial charge in [-0.25, -0.2) is 0 Å². The van der Waals surface area contributed by atoms with Crippen LogP contribution in [0, 0.1) is 12.8 Å². The second-order valence-electron chi connectivity index (χ2n) is 5.85. The lowest BCUT2D eigenvalue weighted by atomic mass is 9.86. The summed E-state index contributed by atoms with van der Waals surface area (Å²) >= 11 is 12.5. The van der Waals surface area contributed by atoms with Gasteiger partial charge in [-0.1, -0.05) is 36.2 Å². The Morgan fingerprint density at radius 1 is 1.08 bits per heavy atom. The standard InChI is InChI=1S/C18H15Cl2NO3/c1-9-7-11(19)14(12(20)8-9)18-16(23)15(22)10(2)17(24-18)13-5-3-4-6-21-13/h3-8,10,17-18H,1-2H3. The molecule has 24 heavy (non-hydrogen) atoms. The maximum absolute atomic E-state index is 12.5. The van der Waals surface area contributed by atoms with Crippen LogP contribution in [0.3, 0.4) is 0 Å². The first-order valence-corrected chi connectivity index (χ1v) is 8.25. The van der Waals surface area contributed by atoms with E-state index in [1.54, 1.807) is 43.5 Å². The number of ketones is 2. The SMILES string of the molecule is Cc1cc(Cl)c(C2OC(c3ccccn3)C(C)C(=O)C2=O)c(Cl)c1. The molecular weight excluding hydrogens is 349 g/mol. The average molecular weight is 364 g/mol. The Bertz CT molecular complexity index is 784. The molecule has 1 aromatic heterocycles. The minimum atomic E-state index is -1.12. The first-order chi connectivity index (χ1) is 11.4. The van der Waals surface area contributed by atoms with Crippen molar-refractivity contribution in [3.8, 4) is 0 Å². The molecule has 0 saturated carbocycles. The number of rotatable bonds is 2. The summed E-state index contributed by atoms with van der Waals surface area (Å²) in [6, 6.07) is 8.73. The number of nitrogens with zero attached hydrogens (tertiary/aromatic N) is 1. The van der Waals surface area contributed by atoms with E-state index in [1.807, 2.05) is 6.92 Å². The number of pyridine rings is 1. The Kier molecular flexibility index (Phi) is 4.72. The lowest BCUT2D eigenvalue weighted by Crippen LogP contribution is -2.40. The molecule has 6 heteroatoms. The molecule has 1 saturated heterocycles. The Morgan fingerprint density at radius 2 is 1.75 bits per heavy atom. The highest BCUT2D eigenvalue weighted by molar-refractivity contribution is 6.42. The van der Waals surface area contributed by atoms with Crippen molar-refractivity contribution >= 4 is 34.8 Å². The molecule has 3 rings (SSSR count). The van der Waals surface area contributed by atoms with Gasteiger partial charge >= 0.3 is 0 Å². The van der Waals surface area contributed by atoms with E-state index in [0.717, 1.165) is 5.56 Å². The summed E-state index contributed by atoms with van der Waals surface area (Å²) < 4.78 is 5.95. The predicted octanol–water partition coefficient (Wildman–Crippen LogP) is 4.28. The van der Waals surface area contributed by atoms with Crippen molar-refractivity contribution in [1.29, 1.82) is 0 Å². The molecule has 0 bridgehead atoms. The molecule has 0 spiro atoms.